The minimum Gasteiger partial charge on any atom is -0.480 e. The molecule has 3 amide bonds. The molecule has 1 aromatic rings. The lowest BCUT2D eigenvalue weighted by Gasteiger charge is -2.32. The minimum absolute atomic E-state index is 0.115. The molecule has 0 spiro atoms. The molecule has 1 aliphatic heterocycles. The first-order valence-electron chi connectivity index (χ1n) is 6.26. The quantitative estimate of drug-likeness (QED) is 0.726. The molecule has 0 aromatic heterocycles. The summed E-state index contributed by atoms with van der Waals surface area (Å²) in [6.45, 7) is -0.325. The number of amides is 3. The van der Waals surface area contributed by atoms with Gasteiger partial charge >= 0.3 is 12.0 Å². The number of hydrogen-bond acceptors (Lipinski definition) is 3. The van der Waals surface area contributed by atoms with E-state index in [1.807, 2.05) is 0 Å². The summed E-state index contributed by atoms with van der Waals surface area (Å²) in [5.41, 5.74) is 0.665. The summed E-state index contributed by atoms with van der Waals surface area (Å²) < 4.78 is 12.8. The van der Waals surface area contributed by atoms with Gasteiger partial charge in [-0.25, -0.2) is 14.0 Å². The highest BCUT2D eigenvalue weighted by Gasteiger charge is 2.35. The molecule has 1 fully saturated rings. The van der Waals surface area contributed by atoms with Crippen molar-refractivity contribution in [1.29, 1.82) is 0 Å². The molecule has 1 aromatic carbocycles. The van der Waals surface area contributed by atoms with Gasteiger partial charge in [-0.2, -0.15) is 0 Å². The van der Waals surface area contributed by atoms with E-state index >= 15 is 0 Å². The molecule has 0 aliphatic carbocycles. The van der Waals surface area contributed by atoms with Crippen molar-refractivity contribution < 1.29 is 23.9 Å². The van der Waals surface area contributed by atoms with Gasteiger partial charge < -0.3 is 15.7 Å². The Hall–Kier alpha value is -2.64. The molecule has 1 aliphatic rings. The number of benzene rings is 1. The van der Waals surface area contributed by atoms with Crippen LogP contribution in [0.4, 0.5) is 9.18 Å². The highest BCUT2D eigenvalue weighted by atomic mass is 19.1. The van der Waals surface area contributed by atoms with Crippen molar-refractivity contribution in [3.63, 3.8) is 0 Å². The molecule has 3 N–H and O–H groups in total. The molecule has 21 heavy (non-hydrogen) atoms. The molecular formula is C13H14FN3O4. The van der Waals surface area contributed by atoms with Gasteiger partial charge in [0.05, 0.1) is 0 Å². The molecule has 2 rings (SSSR count). The number of urea groups is 1. The average molecular weight is 295 g/mol. The maximum atomic E-state index is 12.8. The smallest absolute Gasteiger partial charge is 0.328 e. The number of carbonyl (C=O) groups is 3. The van der Waals surface area contributed by atoms with Gasteiger partial charge in [0.25, 0.3) is 0 Å². The molecule has 1 heterocycles. The number of nitrogens with zero attached hydrogens (tertiary/aromatic N) is 1. The molecule has 1 unspecified atom stereocenters. The Bertz CT molecular complexity index is 561. The summed E-state index contributed by atoms with van der Waals surface area (Å²) in [6.07, 6.45) is 0. The van der Waals surface area contributed by atoms with E-state index in [2.05, 4.69) is 10.6 Å². The maximum absolute atomic E-state index is 12.8. The van der Waals surface area contributed by atoms with Gasteiger partial charge in [0.1, 0.15) is 18.4 Å². The number of hydrogen-bond donors (Lipinski definition) is 3. The third-order valence-corrected chi connectivity index (χ3v) is 3.09. The molecule has 0 saturated carbocycles. The summed E-state index contributed by atoms with van der Waals surface area (Å²) in [6, 6.07) is 3.78. The van der Waals surface area contributed by atoms with Crippen LogP contribution in [-0.4, -0.2) is 47.0 Å². The lowest BCUT2D eigenvalue weighted by atomic mass is 10.2. The van der Waals surface area contributed by atoms with E-state index in [-0.39, 0.29) is 25.5 Å². The first-order valence-corrected chi connectivity index (χ1v) is 6.26. The zero-order valence-electron chi connectivity index (χ0n) is 11.0. The van der Waals surface area contributed by atoms with E-state index < -0.39 is 23.9 Å². The SMILES string of the molecule is O=C1CN(C(=O)NCc2ccc(F)cc2)C(C(=O)O)CN1. The second-order valence-corrected chi connectivity index (χ2v) is 4.57. The highest BCUT2D eigenvalue weighted by molar-refractivity contribution is 5.90. The second-order valence-electron chi connectivity index (χ2n) is 4.57. The molecule has 0 radical (unpaired) electrons. The second kappa shape index (κ2) is 6.21. The van der Waals surface area contributed by atoms with Crippen LogP contribution >= 0.6 is 0 Å². The van der Waals surface area contributed by atoms with Gasteiger partial charge in [-0.15, -0.1) is 0 Å². The number of carboxylic acid groups (broad SMARTS) is 1. The van der Waals surface area contributed by atoms with Gasteiger partial charge in [-0.3, -0.25) is 9.69 Å². The van der Waals surface area contributed by atoms with Crippen LogP contribution in [0.5, 0.6) is 0 Å². The number of nitrogens with one attached hydrogen (secondary N) is 2. The van der Waals surface area contributed by atoms with Crippen molar-refractivity contribution in [3.8, 4) is 0 Å². The van der Waals surface area contributed by atoms with Crippen molar-refractivity contribution >= 4 is 17.9 Å². The Morgan fingerprint density at radius 2 is 2.05 bits per heavy atom. The van der Waals surface area contributed by atoms with E-state index in [9.17, 15) is 18.8 Å². The zero-order chi connectivity index (χ0) is 15.4. The summed E-state index contributed by atoms with van der Waals surface area (Å²) >= 11 is 0. The molecule has 112 valence electrons. The predicted molar refractivity (Wildman–Crippen MR) is 69.8 cm³/mol. The van der Waals surface area contributed by atoms with Crippen molar-refractivity contribution in [2.45, 2.75) is 12.6 Å². The summed E-state index contributed by atoms with van der Waals surface area (Å²) in [5.74, 6) is -1.99. The van der Waals surface area contributed by atoms with E-state index in [0.717, 1.165) is 4.90 Å². The first kappa shape index (κ1) is 14.8. The minimum atomic E-state index is -1.19. The van der Waals surface area contributed by atoms with Crippen LogP contribution in [0.15, 0.2) is 24.3 Å². The molecular weight excluding hydrogens is 281 g/mol. The van der Waals surface area contributed by atoms with Gasteiger partial charge in [0, 0.05) is 13.1 Å². The fraction of sp³-hybridized carbons (Fsp3) is 0.308. The molecule has 8 heteroatoms. The van der Waals surface area contributed by atoms with Crippen molar-refractivity contribution in [2.24, 2.45) is 0 Å². The fourth-order valence-electron chi connectivity index (χ4n) is 1.96. The third-order valence-electron chi connectivity index (χ3n) is 3.09. The average Bonchev–Trinajstić information content (AvgIpc) is 2.46. The number of carbonyl (C=O) groups excluding carboxylic acids is 2. The summed E-state index contributed by atoms with van der Waals surface area (Å²) in [4.78, 5) is 35.3. The van der Waals surface area contributed by atoms with Crippen LogP contribution in [0.3, 0.4) is 0 Å². The highest BCUT2D eigenvalue weighted by Crippen LogP contribution is 2.06. The van der Waals surface area contributed by atoms with E-state index in [1.54, 1.807) is 0 Å². The number of halogens is 1. The number of carboxylic acids is 1. The number of piperazine rings is 1. The monoisotopic (exact) mass is 295 g/mol. The largest absolute Gasteiger partial charge is 0.480 e. The molecule has 0 bridgehead atoms. The molecule has 1 saturated heterocycles. The Balaban J connectivity index is 1.98. The van der Waals surface area contributed by atoms with Crippen LogP contribution in [0.25, 0.3) is 0 Å². The normalized spacial score (nSPS) is 18.0. The number of rotatable bonds is 3. The van der Waals surface area contributed by atoms with Crippen LogP contribution in [0.1, 0.15) is 5.56 Å². The fourth-order valence-corrected chi connectivity index (χ4v) is 1.96. The lowest BCUT2D eigenvalue weighted by Crippen LogP contribution is -2.61. The third kappa shape index (κ3) is 3.68. The van der Waals surface area contributed by atoms with Gasteiger partial charge in [-0.05, 0) is 17.7 Å². The molecule has 7 nitrogen and oxygen atoms in total. The van der Waals surface area contributed by atoms with Gasteiger partial charge in [0.2, 0.25) is 5.91 Å². The van der Waals surface area contributed by atoms with Crippen LogP contribution in [0.2, 0.25) is 0 Å². The van der Waals surface area contributed by atoms with Crippen LogP contribution < -0.4 is 10.6 Å². The Labute approximate surface area is 119 Å². The van der Waals surface area contributed by atoms with Crippen molar-refractivity contribution in [3.05, 3.63) is 35.6 Å². The standard InChI is InChI=1S/C13H14FN3O4/c14-9-3-1-8(2-4-9)5-16-13(21)17-7-11(18)15-6-10(17)12(19)20/h1-4,10H,5-7H2,(H,15,18)(H,16,21)(H,19,20). The van der Waals surface area contributed by atoms with Gasteiger partial charge in [0.15, 0.2) is 0 Å². The topological polar surface area (TPSA) is 98.7 Å². The molecule has 1 atom stereocenters. The van der Waals surface area contributed by atoms with Crippen molar-refractivity contribution in [2.75, 3.05) is 13.1 Å². The lowest BCUT2D eigenvalue weighted by molar-refractivity contribution is -0.144. The Morgan fingerprint density at radius 3 is 2.67 bits per heavy atom. The predicted octanol–water partition coefficient (Wildman–Crippen LogP) is -0.0797. The number of aliphatic carboxylic acids is 1. The van der Waals surface area contributed by atoms with Gasteiger partial charge in [-0.1, -0.05) is 12.1 Å². The van der Waals surface area contributed by atoms with E-state index in [0.29, 0.717) is 5.56 Å². The van der Waals surface area contributed by atoms with Crippen LogP contribution in [0, 0.1) is 5.82 Å². The maximum Gasteiger partial charge on any atom is 0.328 e. The first-order chi connectivity index (χ1) is 9.97. The Morgan fingerprint density at radius 1 is 1.38 bits per heavy atom. The summed E-state index contributed by atoms with van der Waals surface area (Å²) in [7, 11) is 0. The van der Waals surface area contributed by atoms with E-state index in [1.165, 1.54) is 24.3 Å². The van der Waals surface area contributed by atoms with Crippen molar-refractivity contribution in [1.82, 2.24) is 15.5 Å². The summed E-state index contributed by atoms with van der Waals surface area (Å²) in [5, 5.41) is 14.0. The zero-order valence-corrected chi connectivity index (χ0v) is 11.0. The van der Waals surface area contributed by atoms with Crippen LogP contribution in [-0.2, 0) is 16.1 Å². The Kier molecular flexibility index (Phi) is 4.36. The van der Waals surface area contributed by atoms with E-state index in [4.69, 9.17) is 5.11 Å².